The molecule has 4 aromatic rings. The van der Waals surface area contributed by atoms with Gasteiger partial charge in [-0.3, -0.25) is 4.79 Å². The Balaban J connectivity index is 1.55. The van der Waals surface area contributed by atoms with Crippen molar-refractivity contribution in [1.82, 2.24) is 0 Å². The predicted molar refractivity (Wildman–Crippen MR) is 113 cm³/mol. The first-order chi connectivity index (χ1) is 14.0. The van der Waals surface area contributed by atoms with E-state index in [0.717, 1.165) is 22.1 Å². The summed E-state index contributed by atoms with van der Waals surface area (Å²) in [5, 5.41) is 0.864. The van der Waals surface area contributed by atoms with Crippen LogP contribution in [0.25, 0.3) is 11.0 Å². The molecule has 1 aromatic heterocycles. The standard InChI is InChI=1S/C25H20O4/c1-16-8-13-22-20(14-23(26)29-25(22)17(16)2)15-28-21-11-9-19(10-12-21)24(27)18-6-4-3-5-7-18/h3-14H,15H2,1-2H3. The molecule has 29 heavy (non-hydrogen) atoms. The smallest absolute Gasteiger partial charge is 0.336 e. The number of ketones is 1. The predicted octanol–water partition coefficient (Wildman–Crippen LogP) is 5.22. The van der Waals surface area contributed by atoms with Crippen LogP contribution >= 0.6 is 0 Å². The maximum Gasteiger partial charge on any atom is 0.336 e. The molecule has 0 spiro atoms. The maximum absolute atomic E-state index is 12.5. The zero-order valence-electron chi connectivity index (χ0n) is 16.3. The Bertz CT molecular complexity index is 1240. The number of hydrogen-bond acceptors (Lipinski definition) is 4. The van der Waals surface area contributed by atoms with Gasteiger partial charge in [0.25, 0.3) is 0 Å². The minimum Gasteiger partial charge on any atom is -0.489 e. The fourth-order valence-electron chi connectivity index (χ4n) is 3.26. The van der Waals surface area contributed by atoms with E-state index >= 15 is 0 Å². The van der Waals surface area contributed by atoms with Gasteiger partial charge >= 0.3 is 5.63 Å². The minimum atomic E-state index is -0.395. The van der Waals surface area contributed by atoms with Gasteiger partial charge in [-0.05, 0) is 49.2 Å². The molecule has 1 heterocycles. The molecule has 0 N–H and O–H groups in total. The van der Waals surface area contributed by atoms with Gasteiger partial charge in [0, 0.05) is 28.1 Å². The molecule has 4 nitrogen and oxygen atoms in total. The van der Waals surface area contributed by atoms with Crippen molar-refractivity contribution in [2.75, 3.05) is 0 Å². The molecule has 0 amide bonds. The van der Waals surface area contributed by atoms with Crippen LogP contribution in [0.15, 0.2) is 82.0 Å². The van der Waals surface area contributed by atoms with Gasteiger partial charge in [0.05, 0.1) is 0 Å². The summed E-state index contributed by atoms with van der Waals surface area (Å²) in [6.45, 7) is 4.15. The first-order valence-electron chi connectivity index (χ1n) is 9.38. The summed E-state index contributed by atoms with van der Waals surface area (Å²) in [5.41, 5.74) is 4.23. The van der Waals surface area contributed by atoms with E-state index in [1.807, 2.05) is 44.2 Å². The second-order valence-electron chi connectivity index (χ2n) is 6.98. The monoisotopic (exact) mass is 384 g/mol. The number of fused-ring (bicyclic) bond motifs is 1. The Morgan fingerprint density at radius 3 is 2.31 bits per heavy atom. The van der Waals surface area contributed by atoms with Crippen LogP contribution in [-0.2, 0) is 6.61 Å². The van der Waals surface area contributed by atoms with Gasteiger partial charge in [0.15, 0.2) is 5.78 Å². The van der Waals surface area contributed by atoms with Crippen LogP contribution in [0.2, 0.25) is 0 Å². The van der Waals surface area contributed by atoms with Crippen molar-refractivity contribution in [3.8, 4) is 5.75 Å². The second kappa shape index (κ2) is 7.76. The number of benzene rings is 3. The molecule has 0 radical (unpaired) electrons. The Morgan fingerprint density at radius 1 is 0.897 bits per heavy atom. The van der Waals surface area contributed by atoms with Crippen molar-refractivity contribution < 1.29 is 13.9 Å². The Hall–Kier alpha value is -3.66. The third kappa shape index (κ3) is 3.83. The summed E-state index contributed by atoms with van der Waals surface area (Å²) in [6.07, 6.45) is 0. The maximum atomic E-state index is 12.5. The van der Waals surface area contributed by atoms with Gasteiger partial charge < -0.3 is 9.15 Å². The number of carbonyl (C=O) groups excluding carboxylic acids is 1. The zero-order valence-corrected chi connectivity index (χ0v) is 16.3. The van der Waals surface area contributed by atoms with Gasteiger partial charge in [-0.1, -0.05) is 42.5 Å². The van der Waals surface area contributed by atoms with Crippen LogP contribution in [0.5, 0.6) is 5.75 Å². The van der Waals surface area contributed by atoms with E-state index in [1.54, 1.807) is 36.4 Å². The molecule has 4 heteroatoms. The van der Waals surface area contributed by atoms with Crippen LogP contribution in [0, 0.1) is 13.8 Å². The highest BCUT2D eigenvalue weighted by atomic mass is 16.5. The molecule has 4 rings (SSSR count). The second-order valence-corrected chi connectivity index (χ2v) is 6.98. The molecular formula is C25H20O4. The lowest BCUT2D eigenvalue weighted by Crippen LogP contribution is -2.05. The Kier molecular flexibility index (Phi) is 5.00. The number of rotatable bonds is 5. The lowest BCUT2D eigenvalue weighted by Gasteiger charge is -2.11. The summed E-state index contributed by atoms with van der Waals surface area (Å²) in [5.74, 6) is 0.592. The van der Waals surface area contributed by atoms with Crippen molar-refractivity contribution in [2.24, 2.45) is 0 Å². The molecule has 0 fully saturated rings. The van der Waals surface area contributed by atoms with Gasteiger partial charge in [-0.15, -0.1) is 0 Å². The van der Waals surface area contributed by atoms with Gasteiger partial charge in [-0.2, -0.15) is 0 Å². The van der Waals surface area contributed by atoms with Gasteiger partial charge in [-0.25, -0.2) is 4.79 Å². The van der Waals surface area contributed by atoms with E-state index in [9.17, 15) is 9.59 Å². The third-order valence-electron chi connectivity index (χ3n) is 5.06. The van der Waals surface area contributed by atoms with E-state index < -0.39 is 5.63 Å². The van der Waals surface area contributed by atoms with Crippen LogP contribution in [-0.4, -0.2) is 5.78 Å². The lowest BCUT2D eigenvalue weighted by atomic mass is 10.0. The fourth-order valence-corrected chi connectivity index (χ4v) is 3.26. The van der Waals surface area contributed by atoms with Crippen molar-refractivity contribution in [3.05, 3.63) is 111 Å². The van der Waals surface area contributed by atoms with Crippen molar-refractivity contribution >= 4 is 16.8 Å². The summed E-state index contributed by atoms with van der Waals surface area (Å²) in [6, 6.07) is 21.6. The average Bonchev–Trinajstić information content (AvgIpc) is 2.75. The minimum absolute atomic E-state index is 0.0327. The number of carbonyl (C=O) groups is 1. The van der Waals surface area contributed by atoms with E-state index in [-0.39, 0.29) is 12.4 Å². The molecule has 0 bridgehead atoms. The summed E-state index contributed by atoms with van der Waals surface area (Å²) in [4.78, 5) is 24.5. The normalized spacial score (nSPS) is 10.8. The van der Waals surface area contributed by atoms with Crippen LogP contribution in [0.3, 0.4) is 0 Å². The fraction of sp³-hybridized carbons (Fsp3) is 0.120. The average molecular weight is 384 g/mol. The largest absolute Gasteiger partial charge is 0.489 e. The van der Waals surface area contributed by atoms with E-state index in [1.165, 1.54) is 6.07 Å². The molecule has 0 atom stereocenters. The topological polar surface area (TPSA) is 56.5 Å². The zero-order chi connectivity index (χ0) is 20.4. The van der Waals surface area contributed by atoms with Crippen molar-refractivity contribution in [1.29, 1.82) is 0 Å². The molecule has 0 unspecified atom stereocenters. The number of ether oxygens (including phenoxy) is 1. The highest BCUT2D eigenvalue weighted by molar-refractivity contribution is 6.08. The van der Waals surface area contributed by atoms with Crippen molar-refractivity contribution in [3.63, 3.8) is 0 Å². The molecule has 0 aliphatic carbocycles. The quantitative estimate of drug-likeness (QED) is 0.350. The number of aryl methyl sites for hydroxylation is 2. The Labute approximate surface area is 168 Å². The summed E-state index contributed by atoms with van der Waals surface area (Å²) >= 11 is 0. The van der Waals surface area contributed by atoms with Gasteiger partial charge in [0.1, 0.15) is 17.9 Å². The lowest BCUT2D eigenvalue weighted by molar-refractivity contribution is 0.103. The molecule has 0 aliphatic rings. The molecule has 0 aliphatic heterocycles. The van der Waals surface area contributed by atoms with E-state index in [0.29, 0.717) is 22.5 Å². The Morgan fingerprint density at radius 2 is 1.59 bits per heavy atom. The summed E-state index contributed by atoms with van der Waals surface area (Å²) < 4.78 is 11.3. The number of hydrogen-bond donors (Lipinski definition) is 0. The molecule has 144 valence electrons. The van der Waals surface area contributed by atoms with Crippen LogP contribution in [0.4, 0.5) is 0 Å². The van der Waals surface area contributed by atoms with E-state index in [4.69, 9.17) is 9.15 Å². The third-order valence-corrected chi connectivity index (χ3v) is 5.06. The van der Waals surface area contributed by atoms with Gasteiger partial charge in [0.2, 0.25) is 0 Å². The highest BCUT2D eigenvalue weighted by Gasteiger charge is 2.11. The summed E-state index contributed by atoms with van der Waals surface area (Å²) in [7, 11) is 0. The van der Waals surface area contributed by atoms with E-state index in [2.05, 4.69) is 0 Å². The molecular weight excluding hydrogens is 364 g/mol. The first-order valence-corrected chi connectivity index (χ1v) is 9.38. The van der Waals surface area contributed by atoms with Crippen molar-refractivity contribution in [2.45, 2.75) is 20.5 Å². The van der Waals surface area contributed by atoms with Crippen LogP contribution < -0.4 is 10.4 Å². The SMILES string of the molecule is Cc1ccc2c(COc3ccc(C(=O)c4ccccc4)cc3)cc(=O)oc2c1C. The highest BCUT2D eigenvalue weighted by Crippen LogP contribution is 2.24. The molecule has 3 aromatic carbocycles. The molecule has 0 saturated carbocycles. The van der Waals surface area contributed by atoms with Crippen LogP contribution in [0.1, 0.15) is 32.6 Å². The first kappa shape index (κ1) is 18.7. The molecule has 0 saturated heterocycles.